The van der Waals surface area contributed by atoms with Crippen molar-refractivity contribution in [2.75, 3.05) is 0 Å². The van der Waals surface area contributed by atoms with Crippen LogP contribution < -0.4 is 5.73 Å². The Morgan fingerprint density at radius 2 is 2.04 bits per heavy atom. The van der Waals surface area contributed by atoms with Crippen LogP contribution in [0, 0.1) is 6.92 Å². The summed E-state index contributed by atoms with van der Waals surface area (Å²) in [4.78, 5) is 2.36. The second kappa shape index (κ2) is 8.40. The fourth-order valence-corrected chi connectivity index (χ4v) is 4.30. The molecular formula is C20H21Cl2N3S. The van der Waals surface area contributed by atoms with Gasteiger partial charge in [0.05, 0.1) is 27.0 Å². The zero-order valence-corrected chi connectivity index (χ0v) is 17.1. The average molecular weight is 406 g/mol. The van der Waals surface area contributed by atoms with Gasteiger partial charge in [0, 0.05) is 22.0 Å². The molecule has 3 rings (SSSR count). The van der Waals surface area contributed by atoms with Crippen LogP contribution in [0.4, 0.5) is 0 Å². The molecule has 0 aliphatic rings. The van der Waals surface area contributed by atoms with Gasteiger partial charge in [-0.15, -0.1) is 11.3 Å². The highest BCUT2D eigenvalue weighted by Gasteiger charge is 2.19. The van der Waals surface area contributed by atoms with Gasteiger partial charge in [-0.3, -0.25) is 0 Å². The largest absolute Gasteiger partial charge is 0.325 e. The number of nitrogens with two attached hydrogens (primary N) is 1. The highest BCUT2D eigenvalue weighted by Crippen LogP contribution is 2.36. The lowest BCUT2D eigenvalue weighted by molar-refractivity contribution is 0.839. The molecule has 0 unspecified atom stereocenters. The van der Waals surface area contributed by atoms with Gasteiger partial charge in [-0.2, -0.15) is 5.10 Å². The number of nitrogens with zero attached hydrogens (tertiary/aromatic N) is 2. The quantitative estimate of drug-likeness (QED) is 0.509. The molecule has 0 spiro atoms. The summed E-state index contributed by atoms with van der Waals surface area (Å²) >= 11 is 14.2. The van der Waals surface area contributed by atoms with Crippen molar-refractivity contribution in [1.29, 1.82) is 0 Å². The van der Waals surface area contributed by atoms with E-state index in [1.807, 2.05) is 16.8 Å². The van der Waals surface area contributed by atoms with E-state index in [1.54, 1.807) is 17.4 Å². The molecule has 2 heterocycles. The van der Waals surface area contributed by atoms with E-state index in [4.69, 9.17) is 34.0 Å². The van der Waals surface area contributed by atoms with Crippen molar-refractivity contribution in [3.8, 4) is 16.3 Å². The van der Waals surface area contributed by atoms with Crippen LogP contribution in [0.3, 0.4) is 0 Å². The molecular weight excluding hydrogens is 385 g/mol. The zero-order valence-electron chi connectivity index (χ0n) is 14.8. The second-order valence-electron chi connectivity index (χ2n) is 6.03. The molecule has 0 saturated carbocycles. The SMILES string of the molecule is CCC/C=C/c1ccc(-c2c(C)c(CN)nn2-c2ccc(Cl)cc2Cl)s1. The van der Waals surface area contributed by atoms with Crippen LogP contribution in [-0.4, -0.2) is 9.78 Å². The van der Waals surface area contributed by atoms with Crippen LogP contribution >= 0.6 is 34.5 Å². The summed E-state index contributed by atoms with van der Waals surface area (Å²) in [5, 5.41) is 5.86. The molecule has 136 valence electrons. The predicted octanol–water partition coefficient (Wildman–Crippen LogP) is 6.49. The van der Waals surface area contributed by atoms with Crippen molar-refractivity contribution in [3.63, 3.8) is 0 Å². The highest BCUT2D eigenvalue weighted by molar-refractivity contribution is 7.16. The Morgan fingerprint density at radius 1 is 1.23 bits per heavy atom. The minimum atomic E-state index is 0.381. The molecule has 26 heavy (non-hydrogen) atoms. The van der Waals surface area contributed by atoms with E-state index in [2.05, 4.69) is 38.1 Å². The number of halogens is 2. The smallest absolute Gasteiger partial charge is 0.0874 e. The lowest BCUT2D eigenvalue weighted by Crippen LogP contribution is -2.02. The van der Waals surface area contributed by atoms with Gasteiger partial charge in [-0.1, -0.05) is 42.6 Å². The molecule has 0 radical (unpaired) electrons. The minimum absolute atomic E-state index is 0.381. The number of thiophene rings is 1. The molecule has 0 amide bonds. The first-order valence-corrected chi connectivity index (χ1v) is 10.1. The van der Waals surface area contributed by atoms with Gasteiger partial charge in [-0.05, 0) is 49.8 Å². The number of hydrogen-bond donors (Lipinski definition) is 1. The number of rotatable bonds is 6. The van der Waals surface area contributed by atoms with Crippen molar-refractivity contribution in [1.82, 2.24) is 9.78 Å². The van der Waals surface area contributed by atoms with E-state index in [0.717, 1.165) is 40.4 Å². The van der Waals surface area contributed by atoms with Crippen LogP contribution in [0.2, 0.25) is 10.0 Å². The fourth-order valence-electron chi connectivity index (χ4n) is 2.79. The Hall–Kier alpha value is -1.59. The zero-order chi connectivity index (χ0) is 18.7. The summed E-state index contributed by atoms with van der Waals surface area (Å²) < 4.78 is 1.88. The molecule has 1 aromatic carbocycles. The number of benzene rings is 1. The summed E-state index contributed by atoms with van der Waals surface area (Å²) in [7, 11) is 0. The van der Waals surface area contributed by atoms with Gasteiger partial charge in [0.15, 0.2) is 0 Å². The van der Waals surface area contributed by atoms with Gasteiger partial charge < -0.3 is 5.73 Å². The molecule has 3 nitrogen and oxygen atoms in total. The first kappa shape index (κ1) is 19.2. The van der Waals surface area contributed by atoms with E-state index in [1.165, 1.54) is 4.88 Å². The van der Waals surface area contributed by atoms with Crippen LogP contribution in [0.25, 0.3) is 22.3 Å². The molecule has 6 heteroatoms. The van der Waals surface area contributed by atoms with Crippen molar-refractivity contribution in [3.05, 3.63) is 62.6 Å². The Bertz CT molecular complexity index is 941. The predicted molar refractivity (Wildman–Crippen MR) is 113 cm³/mol. The highest BCUT2D eigenvalue weighted by atomic mass is 35.5. The molecule has 0 aliphatic heterocycles. The number of allylic oxidation sites excluding steroid dienone is 1. The third-order valence-corrected chi connectivity index (χ3v) is 5.74. The maximum absolute atomic E-state index is 6.43. The van der Waals surface area contributed by atoms with E-state index < -0.39 is 0 Å². The van der Waals surface area contributed by atoms with Crippen LogP contribution in [0.1, 0.15) is 35.9 Å². The van der Waals surface area contributed by atoms with Gasteiger partial charge in [-0.25, -0.2) is 4.68 Å². The monoisotopic (exact) mass is 405 g/mol. The van der Waals surface area contributed by atoms with Gasteiger partial charge in [0.1, 0.15) is 0 Å². The molecule has 2 aromatic heterocycles. The summed E-state index contributed by atoms with van der Waals surface area (Å²) in [5.74, 6) is 0. The summed E-state index contributed by atoms with van der Waals surface area (Å²) in [6.07, 6.45) is 6.62. The maximum atomic E-state index is 6.43. The van der Waals surface area contributed by atoms with Crippen LogP contribution in [0.15, 0.2) is 36.4 Å². The first-order chi connectivity index (χ1) is 12.5. The lowest BCUT2D eigenvalue weighted by Gasteiger charge is -2.09. The molecule has 0 atom stereocenters. The van der Waals surface area contributed by atoms with Gasteiger partial charge >= 0.3 is 0 Å². The Labute approximate surface area is 168 Å². The van der Waals surface area contributed by atoms with Crippen LogP contribution in [0.5, 0.6) is 0 Å². The Balaban J connectivity index is 2.11. The van der Waals surface area contributed by atoms with E-state index >= 15 is 0 Å². The lowest BCUT2D eigenvalue weighted by atomic mass is 10.1. The summed E-state index contributed by atoms with van der Waals surface area (Å²) in [6.45, 7) is 4.61. The van der Waals surface area contributed by atoms with Crippen LogP contribution in [-0.2, 0) is 6.54 Å². The Morgan fingerprint density at radius 3 is 2.73 bits per heavy atom. The molecule has 3 aromatic rings. The van der Waals surface area contributed by atoms with Gasteiger partial charge in [0.2, 0.25) is 0 Å². The summed E-state index contributed by atoms with van der Waals surface area (Å²) in [6, 6.07) is 9.69. The van der Waals surface area contributed by atoms with Crippen molar-refractivity contribution >= 4 is 40.6 Å². The first-order valence-electron chi connectivity index (χ1n) is 8.55. The van der Waals surface area contributed by atoms with E-state index in [0.29, 0.717) is 16.6 Å². The van der Waals surface area contributed by atoms with Gasteiger partial charge in [0.25, 0.3) is 0 Å². The van der Waals surface area contributed by atoms with Crippen molar-refractivity contribution in [2.45, 2.75) is 33.2 Å². The molecule has 0 bridgehead atoms. The molecule has 0 fully saturated rings. The van der Waals surface area contributed by atoms with E-state index in [9.17, 15) is 0 Å². The average Bonchev–Trinajstić information content (AvgIpc) is 3.19. The molecule has 0 saturated heterocycles. The standard InChI is InChI=1S/C20H21Cl2N3S/c1-3-4-5-6-15-8-10-19(26-15)20-13(2)17(12-23)24-25(20)18-9-7-14(21)11-16(18)22/h5-11H,3-4,12,23H2,1-2H3/b6-5+. The third kappa shape index (κ3) is 3.89. The number of unbranched alkanes of at least 4 members (excludes halogenated alkanes) is 1. The Kier molecular flexibility index (Phi) is 6.20. The van der Waals surface area contributed by atoms with Crippen molar-refractivity contribution in [2.24, 2.45) is 5.73 Å². The number of aromatic nitrogens is 2. The van der Waals surface area contributed by atoms with E-state index in [-0.39, 0.29) is 0 Å². The summed E-state index contributed by atoms with van der Waals surface area (Å²) in [5.41, 5.74) is 9.66. The maximum Gasteiger partial charge on any atom is 0.0874 e. The molecule has 0 aliphatic carbocycles. The number of hydrogen-bond acceptors (Lipinski definition) is 3. The molecule has 2 N–H and O–H groups in total. The third-order valence-electron chi connectivity index (χ3n) is 4.15. The minimum Gasteiger partial charge on any atom is -0.325 e. The second-order valence-corrected chi connectivity index (χ2v) is 7.98. The fraction of sp³-hybridized carbons (Fsp3) is 0.250. The topological polar surface area (TPSA) is 43.8 Å². The normalized spacial score (nSPS) is 11.6. The van der Waals surface area contributed by atoms with Crippen molar-refractivity contribution < 1.29 is 0 Å².